The molecule has 6 nitrogen and oxygen atoms in total. The fourth-order valence-corrected chi connectivity index (χ4v) is 2.14. The second-order valence-electron chi connectivity index (χ2n) is 4.55. The maximum atomic E-state index is 12.1. The highest BCUT2D eigenvalue weighted by Gasteiger charge is 2.29. The van der Waals surface area contributed by atoms with Crippen molar-refractivity contribution in [3.05, 3.63) is 22.2 Å². The van der Waals surface area contributed by atoms with Crippen LogP contribution in [0.25, 0.3) is 0 Å². The minimum Gasteiger partial charge on any atom is -0.481 e. The van der Waals surface area contributed by atoms with E-state index in [1.54, 1.807) is 0 Å². The van der Waals surface area contributed by atoms with Crippen molar-refractivity contribution in [2.24, 2.45) is 0 Å². The number of amides is 2. The number of carbonyl (C=O) groups is 2. The van der Waals surface area contributed by atoms with E-state index in [1.165, 1.54) is 12.1 Å². The number of benzene rings is 1. The Labute approximate surface area is 144 Å². The van der Waals surface area contributed by atoms with E-state index in [0.717, 1.165) is 0 Å². The summed E-state index contributed by atoms with van der Waals surface area (Å²) in [4.78, 5) is 21.9. The Bertz CT molecular complexity index is 588. The zero-order valence-electron chi connectivity index (χ0n) is 12.0. The second kappa shape index (κ2) is 8.84. The zero-order chi connectivity index (χ0) is 18.3. The van der Waals surface area contributed by atoms with Crippen LogP contribution in [0.1, 0.15) is 12.8 Å². The summed E-state index contributed by atoms with van der Waals surface area (Å²) in [7, 11) is 0. The first kappa shape index (κ1) is 20.2. The second-order valence-corrected chi connectivity index (χ2v) is 5.37. The van der Waals surface area contributed by atoms with Gasteiger partial charge in [0.25, 0.3) is 0 Å². The molecule has 0 radical (unpaired) electrons. The van der Waals surface area contributed by atoms with Gasteiger partial charge in [0.2, 0.25) is 0 Å². The summed E-state index contributed by atoms with van der Waals surface area (Å²) in [5, 5.41) is 12.8. The predicted molar refractivity (Wildman–Crippen MR) is 81.9 cm³/mol. The Kier molecular flexibility index (Phi) is 7.43. The summed E-state index contributed by atoms with van der Waals surface area (Å²) in [6.45, 7) is -1.42. The lowest BCUT2D eigenvalue weighted by Crippen LogP contribution is -2.29. The Morgan fingerprint density at radius 2 is 1.79 bits per heavy atom. The van der Waals surface area contributed by atoms with Crippen molar-refractivity contribution in [2.45, 2.75) is 19.0 Å². The van der Waals surface area contributed by atoms with E-state index < -0.39 is 24.8 Å². The number of hydrogen-bond acceptors (Lipinski definition) is 3. The van der Waals surface area contributed by atoms with Crippen LogP contribution in [-0.4, -0.2) is 36.4 Å². The van der Waals surface area contributed by atoms with Gasteiger partial charge < -0.3 is 20.5 Å². The van der Waals surface area contributed by atoms with Crippen molar-refractivity contribution in [3.8, 4) is 5.75 Å². The first-order chi connectivity index (χ1) is 11.1. The smallest absolute Gasteiger partial charge is 0.422 e. The van der Waals surface area contributed by atoms with Crippen LogP contribution in [0.3, 0.4) is 0 Å². The van der Waals surface area contributed by atoms with Gasteiger partial charge in [-0.05, 0) is 18.6 Å². The molecule has 0 fully saturated rings. The molecular weight excluding hydrogens is 376 g/mol. The van der Waals surface area contributed by atoms with E-state index in [9.17, 15) is 22.8 Å². The summed E-state index contributed by atoms with van der Waals surface area (Å²) in [6, 6.07) is 1.71. The van der Waals surface area contributed by atoms with Gasteiger partial charge in [-0.1, -0.05) is 23.2 Å². The third-order valence-electron chi connectivity index (χ3n) is 2.49. The molecule has 0 heterocycles. The summed E-state index contributed by atoms with van der Waals surface area (Å²) < 4.78 is 40.9. The highest BCUT2D eigenvalue weighted by atomic mass is 35.5. The van der Waals surface area contributed by atoms with Gasteiger partial charge in [0.1, 0.15) is 0 Å². The van der Waals surface area contributed by atoms with Crippen LogP contribution >= 0.6 is 23.2 Å². The number of carbonyl (C=O) groups excluding carboxylic acids is 1. The Hall–Kier alpha value is -1.87. The predicted octanol–water partition coefficient (Wildman–Crippen LogP) is 3.92. The van der Waals surface area contributed by atoms with Gasteiger partial charge in [0.05, 0.1) is 10.0 Å². The number of aliphatic carboxylic acids is 1. The highest BCUT2D eigenvalue weighted by molar-refractivity contribution is 6.37. The van der Waals surface area contributed by atoms with Crippen LogP contribution in [0.15, 0.2) is 12.1 Å². The Morgan fingerprint density at radius 1 is 1.21 bits per heavy atom. The van der Waals surface area contributed by atoms with E-state index in [4.69, 9.17) is 28.3 Å². The van der Waals surface area contributed by atoms with E-state index in [0.29, 0.717) is 0 Å². The monoisotopic (exact) mass is 388 g/mol. The number of anilines is 1. The van der Waals surface area contributed by atoms with Gasteiger partial charge in [0, 0.05) is 18.7 Å². The molecule has 24 heavy (non-hydrogen) atoms. The van der Waals surface area contributed by atoms with E-state index in [-0.39, 0.29) is 40.9 Å². The molecule has 0 aliphatic carbocycles. The first-order valence-electron chi connectivity index (χ1n) is 6.53. The van der Waals surface area contributed by atoms with Crippen molar-refractivity contribution in [2.75, 3.05) is 18.5 Å². The lowest BCUT2D eigenvalue weighted by Gasteiger charge is -2.14. The molecule has 1 aromatic rings. The quantitative estimate of drug-likeness (QED) is 0.617. The fraction of sp³-hybridized carbons (Fsp3) is 0.385. The molecule has 11 heteroatoms. The summed E-state index contributed by atoms with van der Waals surface area (Å²) in [5.74, 6) is -1.33. The summed E-state index contributed by atoms with van der Waals surface area (Å²) in [5.41, 5.74) is 0.139. The normalized spacial score (nSPS) is 11.0. The van der Waals surface area contributed by atoms with Crippen LogP contribution in [0.2, 0.25) is 10.0 Å². The average molecular weight is 389 g/mol. The molecule has 1 rings (SSSR count). The van der Waals surface area contributed by atoms with E-state index >= 15 is 0 Å². The fourth-order valence-electron chi connectivity index (χ4n) is 1.54. The van der Waals surface area contributed by atoms with Gasteiger partial charge in [-0.25, -0.2) is 4.79 Å². The van der Waals surface area contributed by atoms with Crippen molar-refractivity contribution in [1.29, 1.82) is 0 Å². The SMILES string of the molecule is O=C(O)CCCNC(=O)Nc1cc(Cl)c(OCC(F)(F)F)c(Cl)c1. The van der Waals surface area contributed by atoms with E-state index in [1.807, 2.05) is 0 Å². The largest absolute Gasteiger partial charge is 0.481 e. The number of rotatable bonds is 7. The average Bonchev–Trinajstić information content (AvgIpc) is 2.41. The van der Waals surface area contributed by atoms with Gasteiger partial charge in [-0.3, -0.25) is 4.79 Å². The highest BCUT2D eigenvalue weighted by Crippen LogP contribution is 2.36. The number of hydrogen-bond donors (Lipinski definition) is 3. The molecule has 0 spiro atoms. The molecular formula is C13H13Cl2F3N2O4. The maximum Gasteiger partial charge on any atom is 0.422 e. The molecule has 0 saturated carbocycles. The van der Waals surface area contributed by atoms with Crippen molar-refractivity contribution >= 4 is 40.9 Å². The van der Waals surface area contributed by atoms with Crippen LogP contribution in [0, 0.1) is 0 Å². The van der Waals surface area contributed by atoms with Crippen molar-refractivity contribution in [3.63, 3.8) is 0 Å². The van der Waals surface area contributed by atoms with Crippen LogP contribution in [-0.2, 0) is 4.79 Å². The number of alkyl halides is 3. The molecule has 0 bridgehead atoms. The molecule has 0 unspecified atom stereocenters. The van der Waals surface area contributed by atoms with Crippen LogP contribution < -0.4 is 15.4 Å². The molecule has 0 atom stereocenters. The first-order valence-corrected chi connectivity index (χ1v) is 7.29. The van der Waals surface area contributed by atoms with E-state index in [2.05, 4.69) is 15.4 Å². The molecule has 1 aromatic carbocycles. The third-order valence-corrected chi connectivity index (χ3v) is 3.05. The molecule has 0 aliphatic heterocycles. The molecule has 0 aliphatic rings. The number of nitrogens with one attached hydrogen (secondary N) is 2. The number of carboxylic acids is 1. The summed E-state index contributed by atoms with van der Waals surface area (Å²) >= 11 is 11.6. The van der Waals surface area contributed by atoms with Gasteiger partial charge in [-0.15, -0.1) is 0 Å². The van der Waals surface area contributed by atoms with Crippen molar-refractivity contribution < 1.29 is 32.6 Å². The minimum absolute atomic E-state index is 0.0941. The number of halogens is 5. The number of carboxylic acid groups (broad SMARTS) is 1. The minimum atomic E-state index is -4.54. The van der Waals surface area contributed by atoms with Crippen LogP contribution in [0.4, 0.5) is 23.7 Å². The molecule has 134 valence electrons. The zero-order valence-corrected chi connectivity index (χ0v) is 13.6. The molecule has 0 aromatic heterocycles. The molecule has 2 amide bonds. The lowest BCUT2D eigenvalue weighted by atomic mass is 10.3. The maximum absolute atomic E-state index is 12.1. The van der Waals surface area contributed by atoms with Gasteiger partial charge in [0.15, 0.2) is 12.4 Å². The third kappa shape index (κ3) is 7.60. The van der Waals surface area contributed by atoms with Crippen molar-refractivity contribution in [1.82, 2.24) is 5.32 Å². The standard InChI is InChI=1S/C13H13Cl2F3N2O4/c14-8-4-7(20-12(23)19-3-1-2-10(21)22)5-9(15)11(8)24-6-13(16,17)18/h4-5H,1-3,6H2,(H,21,22)(H2,19,20,23). The van der Waals surface area contributed by atoms with Gasteiger partial charge >= 0.3 is 18.2 Å². The van der Waals surface area contributed by atoms with Gasteiger partial charge in [-0.2, -0.15) is 13.2 Å². The Balaban J connectivity index is 2.61. The van der Waals surface area contributed by atoms with Crippen LogP contribution in [0.5, 0.6) is 5.75 Å². The lowest BCUT2D eigenvalue weighted by molar-refractivity contribution is -0.153. The number of ether oxygens (including phenoxy) is 1. The molecule has 3 N–H and O–H groups in total. The topological polar surface area (TPSA) is 87.7 Å². The molecule has 0 saturated heterocycles. The number of urea groups is 1. The Morgan fingerprint density at radius 3 is 2.29 bits per heavy atom. The summed E-state index contributed by atoms with van der Waals surface area (Å²) in [6.07, 6.45) is -4.39.